The van der Waals surface area contributed by atoms with Crippen molar-refractivity contribution in [2.24, 2.45) is 0 Å². The molecule has 0 heterocycles. The summed E-state index contributed by atoms with van der Waals surface area (Å²) in [6, 6.07) is 13.1. The number of ether oxygens (including phenoxy) is 3. The van der Waals surface area contributed by atoms with E-state index in [1.807, 2.05) is 0 Å². The number of anilines is 1. The molecule has 0 aliphatic rings. The van der Waals surface area contributed by atoms with Crippen LogP contribution < -0.4 is 14.8 Å². The Balaban J connectivity index is 1.75. The molecular formula is C22H23NO6. The van der Waals surface area contributed by atoms with E-state index in [-0.39, 0.29) is 5.91 Å². The highest BCUT2D eigenvalue weighted by Crippen LogP contribution is 2.18. The van der Waals surface area contributed by atoms with Gasteiger partial charge in [-0.3, -0.25) is 4.79 Å². The Kier molecular flexibility index (Phi) is 8.44. The van der Waals surface area contributed by atoms with Crippen molar-refractivity contribution in [2.45, 2.75) is 19.8 Å². The van der Waals surface area contributed by atoms with Gasteiger partial charge in [0.15, 0.2) is 0 Å². The normalized spacial score (nSPS) is 9.97. The van der Waals surface area contributed by atoms with Crippen LogP contribution in [0.25, 0.3) is 0 Å². The predicted molar refractivity (Wildman–Crippen MR) is 108 cm³/mol. The van der Waals surface area contributed by atoms with Crippen LogP contribution in [-0.4, -0.2) is 31.1 Å². The summed E-state index contributed by atoms with van der Waals surface area (Å²) >= 11 is 0. The second kappa shape index (κ2) is 11.3. The maximum Gasteiger partial charge on any atom is 0.343 e. The Labute approximate surface area is 169 Å². The van der Waals surface area contributed by atoms with E-state index in [1.165, 1.54) is 6.92 Å². The van der Waals surface area contributed by atoms with Crippen LogP contribution >= 0.6 is 0 Å². The standard InChI is InChI=1S/C22H23NO6/c1-3-21(25)28-15-5-4-14-27-19-10-6-17(7-11-19)22(26)29-20-12-8-18(9-13-20)23-16(2)24/h3,6-13H,1,4-5,14-15H2,2H3,(H,23,24). The van der Waals surface area contributed by atoms with E-state index in [4.69, 9.17) is 14.2 Å². The van der Waals surface area contributed by atoms with Gasteiger partial charge in [0, 0.05) is 18.7 Å². The summed E-state index contributed by atoms with van der Waals surface area (Å²) in [5, 5.41) is 2.64. The van der Waals surface area contributed by atoms with Gasteiger partial charge in [0.1, 0.15) is 11.5 Å². The number of rotatable bonds is 10. The van der Waals surface area contributed by atoms with E-state index < -0.39 is 11.9 Å². The number of carbonyl (C=O) groups is 3. The lowest BCUT2D eigenvalue weighted by Crippen LogP contribution is -2.09. The van der Waals surface area contributed by atoms with E-state index in [1.54, 1.807) is 48.5 Å². The number of nitrogens with one attached hydrogen (secondary N) is 1. The highest BCUT2D eigenvalue weighted by molar-refractivity contribution is 5.91. The third-order valence-electron chi connectivity index (χ3n) is 3.69. The van der Waals surface area contributed by atoms with Gasteiger partial charge in [-0.1, -0.05) is 6.58 Å². The SMILES string of the molecule is C=CC(=O)OCCCCOc1ccc(C(=O)Oc2ccc(NC(C)=O)cc2)cc1. The molecule has 0 aliphatic heterocycles. The van der Waals surface area contributed by atoms with Crippen molar-refractivity contribution in [1.29, 1.82) is 0 Å². The molecule has 0 fully saturated rings. The van der Waals surface area contributed by atoms with Gasteiger partial charge in [-0.25, -0.2) is 9.59 Å². The van der Waals surface area contributed by atoms with Crippen LogP contribution in [0, 0.1) is 0 Å². The molecule has 29 heavy (non-hydrogen) atoms. The van der Waals surface area contributed by atoms with Crippen molar-refractivity contribution in [3.63, 3.8) is 0 Å². The minimum atomic E-state index is -0.493. The van der Waals surface area contributed by atoms with Crippen molar-refractivity contribution >= 4 is 23.5 Å². The molecule has 2 aromatic rings. The zero-order valence-electron chi connectivity index (χ0n) is 16.2. The first-order chi connectivity index (χ1) is 14.0. The molecular weight excluding hydrogens is 374 g/mol. The van der Waals surface area contributed by atoms with Gasteiger partial charge in [-0.2, -0.15) is 0 Å². The number of hydrogen-bond acceptors (Lipinski definition) is 6. The summed E-state index contributed by atoms with van der Waals surface area (Å²) in [6.07, 6.45) is 2.54. The monoisotopic (exact) mass is 397 g/mol. The van der Waals surface area contributed by atoms with E-state index in [0.29, 0.717) is 42.4 Å². The first-order valence-corrected chi connectivity index (χ1v) is 9.10. The maximum absolute atomic E-state index is 12.2. The minimum absolute atomic E-state index is 0.173. The molecule has 1 amide bonds. The van der Waals surface area contributed by atoms with Gasteiger partial charge in [0.05, 0.1) is 18.8 Å². The number of hydrogen-bond donors (Lipinski definition) is 1. The predicted octanol–water partition coefficient (Wildman–Crippen LogP) is 3.75. The highest BCUT2D eigenvalue weighted by atomic mass is 16.5. The summed E-state index contributed by atoms with van der Waals surface area (Å²) in [5.41, 5.74) is 1.01. The minimum Gasteiger partial charge on any atom is -0.494 e. The van der Waals surface area contributed by atoms with E-state index >= 15 is 0 Å². The maximum atomic E-state index is 12.2. The van der Waals surface area contributed by atoms with Gasteiger partial charge in [0.2, 0.25) is 5.91 Å². The highest BCUT2D eigenvalue weighted by Gasteiger charge is 2.09. The molecule has 1 N–H and O–H groups in total. The van der Waals surface area contributed by atoms with E-state index in [2.05, 4.69) is 11.9 Å². The van der Waals surface area contributed by atoms with Gasteiger partial charge in [-0.15, -0.1) is 0 Å². The Bertz CT molecular complexity index is 843. The zero-order chi connectivity index (χ0) is 21.1. The summed E-state index contributed by atoms with van der Waals surface area (Å²) in [6.45, 7) is 5.54. The summed E-state index contributed by atoms with van der Waals surface area (Å²) in [7, 11) is 0. The molecule has 0 saturated carbocycles. The van der Waals surface area contributed by atoms with Crippen molar-refractivity contribution in [1.82, 2.24) is 0 Å². The first kappa shape index (κ1) is 21.7. The molecule has 0 unspecified atom stereocenters. The summed E-state index contributed by atoms with van der Waals surface area (Å²) in [4.78, 5) is 34.1. The molecule has 2 aromatic carbocycles. The van der Waals surface area contributed by atoms with Crippen LogP contribution in [0.1, 0.15) is 30.1 Å². The third-order valence-corrected chi connectivity index (χ3v) is 3.69. The lowest BCUT2D eigenvalue weighted by molar-refractivity contribution is -0.137. The number of benzene rings is 2. The molecule has 0 aromatic heterocycles. The summed E-state index contributed by atoms with van der Waals surface area (Å²) in [5.74, 6) is -0.0935. The fraction of sp³-hybridized carbons (Fsp3) is 0.227. The van der Waals surface area contributed by atoms with E-state index in [0.717, 1.165) is 12.5 Å². The topological polar surface area (TPSA) is 90.9 Å². The number of carbonyl (C=O) groups excluding carboxylic acids is 3. The van der Waals surface area contributed by atoms with Crippen molar-refractivity contribution < 1.29 is 28.6 Å². The molecule has 0 saturated heterocycles. The zero-order valence-corrected chi connectivity index (χ0v) is 16.2. The van der Waals surface area contributed by atoms with E-state index in [9.17, 15) is 14.4 Å². The van der Waals surface area contributed by atoms with Gasteiger partial charge < -0.3 is 19.5 Å². The molecule has 0 aliphatic carbocycles. The second-order valence-electron chi connectivity index (χ2n) is 6.05. The molecule has 152 valence electrons. The lowest BCUT2D eigenvalue weighted by Gasteiger charge is -2.08. The fourth-order valence-corrected chi connectivity index (χ4v) is 2.29. The molecule has 0 atom stereocenters. The van der Waals surface area contributed by atoms with Crippen LogP contribution in [0.4, 0.5) is 5.69 Å². The molecule has 7 heteroatoms. The molecule has 2 rings (SSSR count). The Morgan fingerprint density at radius 3 is 2.17 bits per heavy atom. The second-order valence-corrected chi connectivity index (χ2v) is 6.05. The quantitative estimate of drug-likeness (QED) is 0.284. The Hall–Kier alpha value is -3.61. The van der Waals surface area contributed by atoms with Crippen LogP contribution in [-0.2, 0) is 14.3 Å². The molecule has 7 nitrogen and oxygen atoms in total. The largest absolute Gasteiger partial charge is 0.494 e. The number of esters is 2. The van der Waals surface area contributed by atoms with Crippen LogP contribution in [0.3, 0.4) is 0 Å². The number of unbranched alkanes of at least 4 members (excludes halogenated alkanes) is 1. The molecule has 0 bridgehead atoms. The average Bonchev–Trinajstić information content (AvgIpc) is 2.71. The molecule has 0 radical (unpaired) electrons. The van der Waals surface area contributed by atoms with Crippen molar-refractivity contribution in [3.05, 3.63) is 66.7 Å². The van der Waals surface area contributed by atoms with Crippen molar-refractivity contribution in [3.8, 4) is 11.5 Å². The van der Waals surface area contributed by atoms with Crippen LogP contribution in [0.2, 0.25) is 0 Å². The fourth-order valence-electron chi connectivity index (χ4n) is 2.29. The van der Waals surface area contributed by atoms with Gasteiger partial charge in [-0.05, 0) is 61.4 Å². The smallest absolute Gasteiger partial charge is 0.343 e. The lowest BCUT2D eigenvalue weighted by atomic mass is 10.2. The Morgan fingerprint density at radius 1 is 0.931 bits per heavy atom. The number of amides is 1. The first-order valence-electron chi connectivity index (χ1n) is 9.10. The van der Waals surface area contributed by atoms with Gasteiger partial charge in [0.25, 0.3) is 0 Å². The van der Waals surface area contributed by atoms with Crippen LogP contribution in [0.5, 0.6) is 11.5 Å². The van der Waals surface area contributed by atoms with Gasteiger partial charge >= 0.3 is 11.9 Å². The third kappa shape index (κ3) is 7.88. The summed E-state index contributed by atoms with van der Waals surface area (Å²) < 4.78 is 15.8. The average molecular weight is 397 g/mol. The Morgan fingerprint density at radius 2 is 1.55 bits per heavy atom. The molecule has 0 spiro atoms. The van der Waals surface area contributed by atoms with Crippen molar-refractivity contribution in [2.75, 3.05) is 18.5 Å². The van der Waals surface area contributed by atoms with Crippen LogP contribution in [0.15, 0.2) is 61.2 Å².